The maximum Gasteiger partial charge on any atom is 0.256 e. The average molecular weight is 577 g/mol. The van der Waals surface area contributed by atoms with Crippen LogP contribution in [-0.2, 0) is 17.8 Å². The molecule has 0 spiro atoms. The van der Waals surface area contributed by atoms with Crippen molar-refractivity contribution in [3.8, 4) is 0 Å². The summed E-state index contributed by atoms with van der Waals surface area (Å²) in [5, 5.41) is 16.6. The molecule has 2 aromatic rings. The van der Waals surface area contributed by atoms with Gasteiger partial charge < -0.3 is 15.7 Å². The molecule has 5 rings (SSSR count). The fourth-order valence-electron chi connectivity index (χ4n) is 6.85. The standard InChI is InChI=1S/C34H45FN4O3/c1-21(2)36-32(40)24-8-6-23(7-9-24)29-18-26-17-22(19-39-16-15-27(20-39)34(3,4)42)5-14-30(26)37-31(29)38-33(41)25-10-12-28(35)13-11-25/h5,10-14,17,21,23-24,27,29,42H,6-9,15-16,18-20H2,1-4H3,(H,36,40)(H,37,38,41). The molecule has 2 fully saturated rings. The lowest BCUT2D eigenvalue weighted by Gasteiger charge is -2.36. The van der Waals surface area contributed by atoms with Crippen molar-refractivity contribution in [1.82, 2.24) is 15.5 Å². The zero-order chi connectivity index (χ0) is 30.0. The SMILES string of the molecule is CC(C)NC(=O)C1CCC(C2Cc3cc(CN4CCC(C(C)(C)O)C4)ccc3N=C2NC(=O)c2ccc(F)cc2)CC1. The third-order valence-corrected chi connectivity index (χ3v) is 9.34. The Labute approximate surface area is 249 Å². The van der Waals surface area contributed by atoms with E-state index in [1.165, 1.54) is 35.4 Å². The molecule has 0 aromatic heterocycles. The van der Waals surface area contributed by atoms with Gasteiger partial charge in [-0.1, -0.05) is 12.1 Å². The lowest BCUT2D eigenvalue weighted by atomic mass is 9.72. The molecular formula is C34H45FN4O3. The molecule has 2 aliphatic heterocycles. The smallest absolute Gasteiger partial charge is 0.256 e. The van der Waals surface area contributed by atoms with E-state index in [4.69, 9.17) is 4.99 Å². The normalized spacial score (nSPS) is 24.7. The van der Waals surface area contributed by atoms with E-state index in [-0.39, 0.29) is 41.4 Å². The van der Waals surface area contributed by atoms with Crippen LogP contribution in [0.15, 0.2) is 47.5 Å². The Balaban J connectivity index is 1.34. The highest BCUT2D eigenvalue weighted by molar-refractivity contribution is 6.08. The Morgan fingerprint density at radius 1 is 1.07 bits per heavy atom. The Morgan fingerprint density at radius 3 is 2.43 bits per heavy atom. The molecule has 0 bridgehead atoms. The highest BCUT2D eigenvalue weighted by Crippen LogP contribution is 2.40. The first-order valence-electron chi connectivity index (χ1n) is 15.5. The predicted octanol–water partition coefficient (Wildman–Crippen LogP) is 5.38. The van der Waals surface area contributed by atoms with Crippen LogP contribution in [0.5, 0.6) is 0 Å². The van der Waals surface area contributed by atoms with Gasteiger partial charge in [0, 0.05) is 42.4 Å². The van der Waals surface area contributed by atoms with E-state index in [1.54, 1.807) is 0 Å². The van der Waals surface area contributed by atoms with Gasteiger partial charge >= 0.3 is 0 Å². The molecule has 1 aliphatic carbocycles. The summed E-state index contributed by atoms with van der Waals surface area (Å²) >= 11 is 0. The zero-order valence-corrected chi connectivity index (χ0v) is 25.3. The maximum absolute atomic E-state index is 13.5. The minimum atomic E-state index is -0.671. The van der Waals surface area contributed by atoms with Gasteiger partial charge in [0.2, 0.25) is 5.91 Å². The molecule has 3 aliphatic rings. The summed E-state index contributed by atoms with van der Waals surface area (Å²) in [5.41, 5.74) is 2.99. The largest absolute Gasteiger partial charge is 0.390 e. The molecule has 1 saturated heterocycles. The highest BCUT2D eigenvalue weighted by atomic mass is 19.1. The number of carbonyl (C=O) groups is 2. The van der Waals surface area contributed by atoms with E-state index < -0.39 is 5.60 Å². The number of hydrogen-bond donors (Lipinski definition) is 3. The van der Waals surface area contributed by atoms with Crippen molar-refractivity contribution < 1.29 is 19.1 Å². The van der Waals surface area contributed by atoms with Crippen LogP contribution < -0.4 is 10.6 Å². The Morgan fingerprint density at radius 2 is 1.79 bits per heavy atom. The summed E-state index contributed by atoms with van der Waals surface area (Å²) in [6.07, 6.45) is 5.20. The van der Waals surface area contributed by atoms with Crippen LogP contribution in [0.2, 0.25) is 0 Å². The number of aliphatic hydroxyl groups is 1. The lowest BCUT2D eigenvalue weighted by molar-refractivity contribution is -0.126. The average Bonchev–Trinajstić information content (AvgIpc) is 3.42. The first kappa shape index (κ1) is 30.4. The van der Waals surface area contributed by atoms with Gasteiger partial charge in [0.1, 0.15) is 11.7 Å². The molecule has 42 heavy (non-hydrogen) atoms. The van der Waals surface area contributed by atoms with Gasteiger partial charge in [-0.3, -0.25) is 14.5 Å². The molecule has 2 aromatic carbocycles. The lowest BCUT2D eigenvalue weighted by Crippen LogP contribution is -2.43. The third kappa shape index (κ3) is 7.27. The second kappa shape index (κ2) is 12.6. The van der Waals surface area contributed by atoms with Crippen molar-refractivity contribution in [3.05, 3.63) is 65.0 Å². The van der Waals surface area contributed by atoms with Gasteiger partial charge in [-0.15, -0.1) is 0 Å². The van der Waals surface area contributed by atoms with Gasteiger partial charge in [0.15, 0.2) is 0 Å². The quantitative estimate of drug-likeness (QED) is 0.413. The van der Waals surface area contributed by atoms with Crippen LogP contribution in [0.25, 0.3) is 0 Å². The third-order valence-electron chi connectivity index (χ3n) is 9.34. The van der Waals surface area contributed by atoms with Crippen molar-refractivity contribution in [2.24, 2.45) is 28.7 Å². The van der Waals surface area contributed by atoms with Crippen molar-refractivity contribution >= 4 is 23.3 Å². The molecule has 8 heteroatoms. The summed E-state index contributed by atoms with van der Waals surface area (Å²) < 4.78 is 13.5. The summed E-state index contributed by atoms with van der Waals surface area (Å²) in [6.45, 7) is 10.5. The van der Waals surface area contributed by atoms with Gasteiger partial charge in [-0.05, 0) is 120 Å². The zero-order valence-electron chi connectivity index (χ0n) is 25.3. The van der Waals surface area contributed by atoms with Crippen LogP contribution in [0.1, 0.15) is 81.3 Å². The van der Waals surface area contributed by atoms with Crippen LogP contribution in [-0.4, -0.2) is 52.4 Å². The molecule has 2 amide bonds. The van der Waals surface area contributed by atoms with E-state index in [0.29, 0.717) is 17.3 Å². The molecular weight excluding hydrogens is 531 g/mol. The molecule has 7 nitrogen and oxygen atoms in total. The number of carbonyl (C=O) groups excluding carboxylic acids is 2. The number of rotatable bonds is 7. The topological polar surface area (TPSA) is 94.0 Å². The molecule has 2 atom stereocenters. The number of benzene rings is 2. The number of likely N-dealkylation sites (tertiary alicyclic amines) is 1. The second-order valence-electron chi connectivity index (χ2n) is 13.4. The van der Waals surface area contributed by atoms with Crippen molar-refractivity contribution in [3.63, 3.8) is 0 Å². The van der Waals surface area contributed by atoms with Gasteiger partial charge in [0.25, 0.3) is 5.91 Å². The number of fused-ring (bicyclic) bond motifs is 1. The number of amidine groups is 1. The van der Waals surface area contributed by atoms with Crippen molar-refractivity contribution in [2.45, 2.75) is 84.4 Å². The van der Waals surface area contributed by atoms with E-state index in [0.717, 1.165) is 63.8 Å². The minimum Gasteiger partial charge on any atom is -0.390 e. The molecule has 1 saturated carbocycles. The number of nitrogens with zero attached hydrogens (tertiary/aromatic N) is 2. The fraction of sp³-hybridized carbons (Fsp3) is 0.559. The highest BCUT2D eigenvalue weighted by Gasteiger charge is 2.37. The number of amides is 2. The van der Waals surface area contributed by atoms with E-state index >= 15 is 0 Å². The van der Waals surface area contributed by atoms with Crippen molar-refractivity contribution in [2.75, 3.05) is 13.1 Å². The second-order valence-corrected chi connectivity index (χ2v) is 13.4. The number of hydrogen-bond acceptors (Lipinski definition) is 5. The Kier molecular flexibility index (Phi) is 9.14. The maximum atomic E-state index is 13.5. The molecule has 2 unspecified atom stereocenters. The predicted molar refractivity (Wildman–Crippen MR) is 163 cm³/mol. The summed E-state index contributed by atoms with van der Waals surface area (Å²) in [7, 11) is 0. The van der Waals surface area contributed by atoms with Crippen LogP contribution >= 0.6 is 0 Å². The first-order valence-corrected chi connectivity index (χ1v) is 15.5. The van der Waals surface area contributed by atoms with Gasteiger partial charge in [-0.2, -0.15) is 0 Å². The summed E-state index contributed by atoms with van der Waals surface area (Å²) in [6, 6.07) is 12.1. The minimum absolute atomic E-state index is 0.0218. The number of nitrogens with one attached hydrogen (secondary N) is 2. The molecule has 3 N–H and O–H groups in total. The Bertz CT molecular complexity index is 1310. The summed E-state index contributed by atoms with van der Waals surface area (Å²) in [5.74, 6) is 0.733. The van der Waals surface area contributed by atoms with E-state index in [2.05, 4.69) is 27.7 Å². The molecule has 2 heterocycles. The van der Waals surface area contributed by atoms with Crippen molar-refractivity contribution in [1.29, 1.82) is 0 Å². The number of aliphatic imine (C=N–C) groups is 1. The molecule has 0 radical (unpaired) electrons. The summed E-state index contributed by atoms with van der Waals surface area (Å²) in [4.78, 5) is 33.2. The first-order chi connectivity index (χ1) is 20.0. The fourth-order valence-corrected chi connectivity index (χ4v) is 6.85. The van der Waals surface area contributed by atoms with Gasteiger partial charge in [-0.25, -0.2) is 9.38 Å². The van der Waals surface area contributed by atoms with E-state index in [1.807, 2.05) is 33.8 Å². The number of halogens is 1. The van der Waals surface area contributed by atoms with Crippen LogP contribution in [0.3, 0.4) is 0 Å². The van der Waals surface area contributed by atoms with Crippen LogP contribution in [0, 0.1) is 29.5 Å². The monoisotopic (exact) mass is 576 g/mol. The molecule has 226 valence electrons. The van der Waals surface area contributed by atoms with E-state index in [9.17, 15) is 19.1 Å². The Hall–Kier alpha value is -3.10. The van der Waals surface area contributed by atoms with Gasteiger partial charge in [0.05, 0.1) is 11.3 Å². The van der Waals surface area contributed by atoms with Crippen LogP contribution in [0.4, 0.5) is 10.1 Å².